The van der Waals surface area contributed by atoms with Gasteiger partial charge >= 0.3 is 5.97 Å². The van der Waals surface area contributed by atoms with Crippen LogP contribution in [0.3, 0.4) is 0 Å². The first-order valence-corrected chi connectivity index (χ1v) is 4.92. The Morgan fingerprint density at radius 2 is 2.06 bits per heavy atom. The van der Waals surface area contributed by atoms with Crippen molar-refractivity contribution in [3.8, 4) is 0 Å². The van der Waals surface area contributed by atoms with Crippen LogP contribution in [0.4, 0.5) is 0 Å². The summed E-state index contributed by atoms with van der Waals surface area (Å²) in [5, 5.41) is 18.8. The average Bonchev–Trinajstić information content (AvgIpc) is 2.29. The van der Waals surface area contributed by atoms with Crippen molar-refractivity contribution in [2.24, 2.45) is 0 Å². The van der Waals surface area contributed by atoms with Crippen molar-refractivity contribution in [3.63, 3.8) is 0 Å². The molecule has 0 aliphatic rings. The summed E-state index contributed by atoms with van der Waals surface area (Å²) in [5.74, 6) is -1.21. The minimum absolute atomic E-state index is 0.0956. The van der Waals surface area contributed by atoms with Crippen molar-refractivity contribution in [1.82, 2.24) is 4.98 Å². The highest BCUT2D eigenvalue weighted by Crippen LogP contribution is 2.17. The highest BCUT2D eigenvalue weighted by molar-refractivity contribution is 5.83. The van der Waals surface area contributed by atoms with Gasteiger partial charge < -0.3 is 10.2 Å². The summed E-state index contributed by atoms with van der Waals surface area (Å²) < 4.78 is 0. The zero-order valence-corrected chi connectivity index (χ0v) is 8.50. The number of para-hydroxylation sites is 1. The molecule has 2 aromatic rings. The molecule has 0 saturated heterocycles. The van der Waals surface area contributed by atoms with Gasteiger partial charge in [-0.2, -0.15) is 0 Å². The van der Waals surface area contributed by atoms with Gasteiger partial charge in [0.25, 0.3) is 0 Å². The Balaban J connectivity index is 2.41. The topological polar surface area (TPSA) is 70.4 Å². The lowest BCUT2D eigenvalue weighted by atomic mass is 10.0. The number of aromatic nitrogens is 1. The van der Waals surface area contributed by atoms with Crippen molar-refractivity contribution >= 4 is 16.9 Å². The number of aliphatic carboxylic acids is 1. The van der Waals surface area contributed by atoms with Gasteiger partial charge in [-0.3, -0.25) is 4.98 Å². The number of pyridine rings is 1. The summed E-state index contributed by atoms with van der Waals surface area (Å²) in [7, 11) is 0. The summed E-state index contributed by atoms with van der Waals surface area (Å²) in [4.78, 5) is 14.7. The first-order valence-electron chi connectivity index (χ1n) is 4.92. The molecule has 16 heavy (non-hydrogen) atoms. The number of fused-ring (bicyclic) bond motifs is 1. The van der Waals surface area contributed by atoms with E-state index >= 15 is 0 Å². The molecule has 2 N–H and O–H groups in total. The fourth-order valence-electron chi connectivity index (χ4n) is 1.63. The molecule has 82 valence electrons. The number of carbonyl (C=O) groups is 1. The Labute approximate surface area is 92.2 Å². The molecule has 4 nitrogen and oxygen atoms in total. The van der Waals surface area contributed by atoms with Crippen LogP contribution >= 0.6 is 0 Å². The number of hydrogen-bond donors (Lipinski definition) is 2. The lowest BCUT2D eigenvalue weighted by Gasteiger charge is -2.08. The monoisotopic (exact) mass is 217 g/mol. The van der Waals surface area contributed by atoms with E-state index in [1.54, 1.807) is 12.3 Å². The second-order valence-corrected chi connectivity index (χ2v) is 3.55. The first-order chi connectivity index (χ1) is 7.68. The molecule has 0 saturated carbocycles. The number of aliphatic hydroxyl groups is 1. The number of rotatable bonds is 3. The third-order valence-corrected chi connectivity index (χ3v) is 2.44. The fraction of sp³-hybridized carbons (Fsp3) is 0.167. The van der Waals surface area contributed by atoms with Gasteiger partial charge in [-0.25, -0.2) is 4.79 Å². The van der Waals surface area contributed by atoms with E-state index in [-0.39, 0.29) is 6.42 Å². The minimum atomic E-state index is -1.37. The molecule has 0 amide bonds. The molecule has 1 aromatic carbocycles. The Morgan fingerprint density at radius 3 is 2.81 bits per heavy atom. The van der Waals surface area contributed by atoms with Crippen molar-refractivity contribution in [2.45, 2.75) is 12.5 Å². The van der Waals surface area contributed by atoms with Gasteiger partial charge in [0.15, 0.2) is 6.10 Å². The van der Waals surface area contributed by atoms with E-state index in [0.29, 0.717) is 0 Å². The summed E-state index contributed by atoms with van der Waals surface area (Å²) in [5.41, 5.74) is 1.60. The lowest BCUT2D eigenvalue weighted by molar-refractivity contribution is -0.146. The van der Waals surface area contributed by atoms with Crippen LogP contribution in [0.5, 0.6) is 0 Å². The lowest BCUT2D eigenvalue weighted by Crippen LogP contribution is -2.22. The molecule has 0 aliphatic heterocycles. The van der Waals surface area contributed by atoms with Gasteiger partial charge in [-0.05, 0) is 17.7 Å². The number of hydrogen-bond acceptors (Lipinski definition) is 3. The summed E-state index contributed by atoms with van der Waals surface area (Å²) >= 11 is 0. The van der Waals surface area contributed by atoms with Crippen LogP contribution in [0.25, 0.3) is 10.9 Å². The Hall–Kier alpha value is -1.94. The normalized spacial score (nSPS) is 12.6. The van der Waals surface area contributed by atoms with Gasteiger partial charge in [0, 0.05) is 18.0 Å². The zero-order chi connectivity index (χ0) is 11.5. The van der Waals surface area contributed by atoms with Crippen LogP contribution < -0.4 is 0 Å². The van der Waals surface area contributed by atoms with Crippen LogP contribution in [0, 0.1) is 0 Å². The zero-order valence-electron chi connectivity index (χ0n) is 8.50. The van der Waals surface area contributed by atoms with Crippen LogP contribution in [-0.2, 0) is 11.2 Å². The molecule has 0 aliphatic carbocycles. The van der Waals surface area contributed by atoms with Crippen molar-refractivity contribution in [2.75, 3.05) is 0 Å². The summed E-state index contributed by atoms with van der Waals surface area (Å²) in [6.07, 6.45) is 0.343. The Morgan fingerprint density at radius 1 is 1.31 bits per heavy atom. The van der Waals surface area contributed by atoms with E-state index in [0.717, 1.165) is 16.5 Å². The number of carboxylic acids is 1. The van der Waals surface area contributed by atoms with Crippen molar-refractivity contribution in [1.29, 1.82) is 0 Å². The maximum atomic E-state index is 10.6. The molecule has 1 aromatic heterocycles. The molecular formula is C12H11NO3. The van der Waals surface area contributed by atoms with E-state index in [1.807, 2.05) is 24.3 Å². The van der Waals surface area contributed by atoms with E-state index in [1.165, 1.54) is 0 Å². The van der Waals surface area contributed by atoms with Gasteiger partial charge in [-0.1, -0.05) is 18.2 Å². The largest absolute Gasteiger partial charge is 0.479 e. The molecular weight excluding hydrogens is 206 g/mol. The maximum absolute atomic E-state index is 10.6. The second kappa shape index (κ2) is 4.28. The molecule has 0 spiro atoms. The number of carboxylic acid groups (broad SMARTS) is 1. The summed E-state index contributed by atoms with van der Waals surface area (Å²) in [6.45, 7) is 0. The van der Waals surface area contributed by atoms with Crippen LogP contribution in [0.2, 0.25) is 0 Å². The quantitative estimate of drug-likeness (QED) is 0.811. The predicted octanol–water partition coefficient (Wildman–Crippen LogP) is 1.22. The number of aliphatic hydroxyl groups excluding tert-OH is 1. The van der Waals surface area contributed by atoms with Crippen LogP contribution in [0.1, 0.15) is 5.56 Å². The van der Waals surface area contributed by atoms with E-state index in [4.69, 9.17) is 5.11 Å². The van der Waals surface area contributed by atoms with Crippen LogP contribution in [-0.4, -0.2) is 27.3 Å². The number of benzene rings is 1. The molecule has 4 heteroatoms. The Kier molecular flexibility index (Phi) is 2.83. The van der Waals surface area contributed by atoms with Crippen molar-refractivity contribution in [3.05, 3.63) is 42.1 Å². The molecule has 0 radical (unpaired) electrons. The van der Waals surface area contributed by atoms with Gasteiger partial charge in [0.05, 0.1) is 5.52 Å². The molecule has 1 unspecified atom stereocenters. The van der Waals surface area contributed by atoms with E-state index in [9.17, 15) is 9.90 Å². The standard InChI is InChI=1S/C12H11NO3/c14-11(12(15)16)7-8-5-6-13-10-4-2-1-3-9(8)10/h1-6,11,14H,7H2,(H,15,16). The second-order valence-electron chi connectivity index (χ2n) is 3.55. The highest BCUT2D eigenvalue weighted by Gasteiger charge is 2.15. The average molecular weight is 217 g/mol. The maximum Gasteiger partial charge on any atom is 0.332 e. The third-order valence-electron chi connectivity index (χ3n) is 2.44. The van der Waals surface area contributed by atoms with E-state index < -0.39 is 12.1 Å². The van der Waals surface area contributed by atoms with Gasteiger partial charge in [0.2, 0.25) is 0 Å². The highest BCUT2D eigenvalue weighted by atomic mass is 16.4. The van der Waals surface area contributed by atoms with Gasteiger partial charge in [0.1, 0.15) is 0 Å². The molecule has 2 rings (SSSR count). The molecule has 0 bridgehead atoms. The van der Waals surface area contributed by atoms with Crippen LogP contribution in [0.15, 0.2) is 36.5 Å². The fourth-order valence-corrected chi connectivity index (χ4v) is 1.63. The molecule has 1 heterocycles. The molecule has 1 atom stereocenters. The SMILES string of the molecule is O=C(O)C(O)Cc1ccnc2ccccc12. The predicted molar refractivity (Wildman–Crippen MR) is 59.1 cm³/mol. The van der Waals surface area contributed by atoms with Crippen molar-refractivity contribution < 1.29 is 15.0 Å². The molecule has 0 fully saturated rings. The smallest absolute Gasteiger partial charge is 0.332 e. The van der Waals surface area contributed by atoms with Gasteiger partial charge in [-0.15, -0.1) is 0 Å². The first kappa shape index (κ1) is 10.6. The minimum Gasteiger partial charge on any atom is -0.479 e. The number of nitrogens with zero attached hydrogens (tertiary/aromatic N) is 1. The third kappa shape index (κ3) is 2.01. The summed E-state index contributed by atoms with van der Waals surface area (Å²) in [6, 6.07) is 9.18. The van der Waals surface area contributed by atoms with E-state index in [2.05, 4.69) is 4.98 Å². The Bertz CT molecular complexity index is 519.